The number of carboxylic acid groups (broad SMARTS) is 1. The van der Waals surface area contributed by atoms with Gasteiger partial charge in [0.2, 0.25) is 0 Å². The average molecular weight is 355 g/mol. The Morgan fingerprint density at radius 2 is 1.42 bits per heavy atom. The Hall–Kier alpha value is -0.0400. The average Bonchev–Trinajstić information content (AvgIpc) is 2.49. The summed E-state index contributed by atoms with van der Waals surface area (Å²) in [6, 6.07) is 6.50. The van der Waals surface area contributed by atoms with Gasteiger partial charge >= 0.3 is 65.1 Å². The Labute approximate surface area is 188 Å². The number of hydrogen-bond acceptors (Lipinski definition) is 3. The molecule has 0 bridgehead atoms. The maximum atomic E-state index is 11.8. The van der Waals surface area contributed by atoms with E-state index >= 15 is 0 Å². The zero-order valence-electron chi connectivity index (χ0n) is 12.9. The predicted molar refractivity (Wildman–Crippen MR) is 99.3 cm³/mol. The van der Waals surface area contributed by atoms with Gasteiger partial charge in [0.25, 0.3) is 5.91 Å². The molecule has 7 heteroatoms. The molecule has 0 unspecified atom stereocenters. The van der Waals surface area contributed by atoms with Crippen molar-refractivity contribution >= 4 is 71.0 Å². The van der Waals surface area contributed by atoms with E-state index in [0.29, 0.717) is 12.1 Å². The van der Waals surface area contributed by atoms with Crippen molar-refractivity contribution in [1.82, 2.24) is 5.32 Å². The van der Waals surface area contributed by atoms with Gasteiger partial charge in [0.1, 0.15) is 5.75 Å². The molecule has 0 spiro atoms. The van der Waals surface area contributed by atoms with Crippen molar-refractivity contribution in [3.8, 4) is 5.75 Å². The quantitative estimate of drug-likeness (QED) is 0.419. The number of unbranched alkanes of at least 4 members (excludes halogenated alkanes) is 6. The second-order valence-corrected chi connectivity index (χ2v) is 5.39. The Bertz CT molecular complexity index is 483. The minimum atomic E-state index is -0.722. The van der Waals surface area contributed by atoms with Gasteiger partial charge in [0.05, 0.1) is 5.56 Å². The molecule has 126 valence electrons. The van der Waals surface area contributed by atoms with Crippen LogP contribution < -0.4 is 5.32 Å². The number of para-hydroxylation sites is 1. The second-order valence-electron chi connectivity index (χ2n) is 5.39. The number of aliphatic carboxylic acids is 1. The van der Waals surface area contributed by atoms with Gasteiger partial charge in [0.15, 0.2) is 0 Å². The van der Waals surface area contributed by atoms with E-state index in [1.54, 1.807) is 18.2 Å². The number of hydrogen-bond donors (Lipinski definition) is 3. The number of rotatable bonds is 11. The molecule has 24 heavy (non-hydrogen) atoms. The summed E-state index contributed by atoms with van der Waals surface area (Å²) in [5, 5.41) is 20.9. The summed E-state index contributed by atoms with van der Waals surface area (Å²) in [7, 11) is 0. The van der Waals surface area contributed by atoms with Gasteiger partial charge in [-0.25, -0.2) is 0 Å². The first kappa shape index (κ1) is 26.2. The molecular weight excluding hydrogens is 328 g/mol. The number of amides is 1. The third-order valence-electron chi connectivity index (χ3n) is 3.50. The van der Waals surface area contributed by atoms with Crippen molar-refractivity contribution in [1.29, 1.82) is 0 Å². The van der Waals surface area contributed by atoms with Crippen LogP contribution >= 0.6 is 0 Å². The molecule has 0 aliphatic carbocycles. The minimum absolute atomic E-state index is 0. The standard InChI is InChI=1S/C17H25NO4.2Na.2H/c19-15-11-8-7-10-14(15)17(22)18-13-9-5-3-1-2-4-6-12-16(20)21;;;;/h7-8,10-11,19H,1-6,9,12-13H2,(H,18,22)(H,20,21);;;;. The van der Waals surface area contributed by atoms with Gasteiger partial charge in [-0.15, -0.1) is 0 Å². The van der Waals surface area contributed by atoms with Crippen LogP contribution in [0.1, 0.15) is 61.7 Å². The van der Waals surface area contributed by atoms with Crippen LogP contribution in [0.15, 0.2) is 24.3 Å². The van der Waals surface area contributed by atoms with Gasteiger partial charge in [-0.3, -0.25) is 9.59 Å². The molecule has 0 atom stereocenters. The van der Waals surface area contributed by atoms with Gasteiger partial charge in [-0.1, -0.05) is 44.2 Å². The van der Waals surface area contributed by atoms with Crippen LogP contribution in [0.2, 0.25) is 0 Å². The zero-order valence-corrected chi connectivity index (χ0v) is 12.9. The van der Waals surface area contributed by atoms with Crippen LogP contribution in [0, 0.1) is 0 Å². The molecule has 0 saturated heterocycles. The summed E-state index contributed by atoms with van der Waals surface area (Å²) in [6.07, 6.45) is 7.21. The first-order valence-corrected chi connectivity index (χ1v) is 7.89. The first-order chi connectivity index (χ1) is 10.6. The Balaban J connectivity index is 0. The number of phenols is 1. The summed E-state index contributed by atoms with van der Waals surface area (Å²) in [6.45, 7) is 0.603. The number of carbonyl (C=O) groups is 2. The van der Waals surface area contributed by atoms with E-state index in [2.05, 4.69) is 5.32 Å². The summed E-state index contributed by atoms with van der Waals surface area (Å²) in [5.74, 6) is -0.965. The van der Waals surface area contributed by atoms with E-state index in [0.717, 1.165) is 44.9 Å². The molecule has 1 aromatic carbocycles. The fourth-order valence-corrected chi connectivity index (χ4v) is 2.25. The third kappa shape index (κ3) is 12.3. The van der Waals surface area contributed by atoms with E-state index in [-0.39, 0.29) is 77.2 Å². The van der Waals surface area contributed by atoms with Crippen molar-refractivity contribution in [3.63, 3.8) is 0 Å². The number of aromatic hydroxyl groups is 1. The van der Waals surface area contributed by atoms with E-state index in [1.807, 2.05) is 0 Å². The first-order valence-electron chi connectivity index (χ1n) is 7.89. The normalized spacial score (nSPS) is 9.50. The van der Waals surface area contributed by atoms with Crippen LogP contribution in [0.5, 0.6) is 5.75 Å². The zero-order chi connectivity index (χ0) is 16.2. The van der Waals surface area contributed by atoms with Crippen LogP contribution in [0.4, 0.5) is 0 Å². The third-order valence-corrected chi connectivity index (χ3v) is 3.50. The summed E-state index contributed by atoms with van der Waals surface area (Å²) in [5.41, 5.74) is 0.306. The Morgan fingerprint density at radius 3 is 2.00 bits per heavy atom. The summed E-state index contributed by atoms with van der Waals surface area (Å²) in [4.78, 5) is 22.1. The van der Waals surface area contributed by atoms with E-state index in [1.165, 1.54) is 6.07 Å². The fourth-order valence-electron chi connectivity index (χ4n) is 2.25. The monoisotopic (exact) mass is 355 g/mol. The number of nitrogens with one attached hydrogen (secondary N) is 1. The van der Waals surface area contributed by atoms with Crippen LogP contribution in [0.3, 0.4) is 0 Å². The molecule has 0 heterocycles. The molecule has 0 aliphatic heterocycles. The molecule has 1 aromatic rings. The second kappa shape index (κ2) is 16.4. The van der Waals surface area contributed by atoms with Gasteiger partial charge in [0, 0.05) is 13.0 Å². The number of phenolic OH excluding ortho intramolecular Hbond substituents is 1. The van der Waals surface area contributed by atoms with Gasteiger partial charge in [-0.2, -0.15) is 0 Å². The van der Waals surface area contributed by atoms with Crippen LogP contribution in [-0.4, -0.2) is 87.7 Å². The van der Waals surface area contributed by atoms with Crippen molar-refractivity contribution in [2.45, 2.75) is 51.4 Å². The molecular formula is C17H27NNa2O4. The summed E-state index contributed by atoms with van der Waals surface area (Å²) < 4.78 is 0. The molecule has 5 nitrogen and oxygen atoms in total. The molecule has 1 rings (SSSR count). The Kier molecular flexibility index (Phi) is 17.9. The summed E-state index contributed by atoms with van der Waals surface area (Å²) >= 11 is 0. The predicted octanol–water partition coefficient (Wildman–Crippen LogP) is 2.03. The molecule has 0 saturated carbocycles. The van der Waals surface area contributed by atoms with Crippen molar-refractivity contribution in [2.24, 2.45) is 0 Å². The maximum absolute atomic E-state index is 11.8. The molecule has 0 fully saturated rings. The van der Waals surface area contributed by atoms with Crippen LogP contribution in [-0.2, 0) is 4.79 Å². The van der Waals surface area contributed by atoms with Gasteiger partial charge in [-0.05, 0) is 25.0 Å². The van der Waals surface area contributed by atoms with Crippen LogP contribution in [0.25, 0.3) is 0 Å². The van der Waals surface area contributed by atoms with Gasteiger partial charge < -0.3 is 15.5 Å². The van der Waals surface area contributed by atoms with E-state index in [4.69, 9.17) is 5.11 Å². The molecule has 0 radical (unpaired) electrons. The van der Waals surface area contributed by atoms with Crippen molar-refractivity contribution in [3.05, 3.63) is 29.8 Å². The molecule has 1 amide bonds. The number of carbonyl (C=O) groups excluding carboxylic acids is 1. The van der Waals surface area contributed by atoms with E-state index < -0.39 is 5.97 Å². The fraction of sp³-hybridized carbons (Fsp3) is 0.529. The molecule has 0 aliphatic rings. The Morgan fingerprint density at radius 1 is 0.875 bits per heavy atom. The molecule has 3 N–H and O–H groups in total. The molecule has 0 aromatic heterocycles. The topological polar surface area (TPSA) is 86.6 Å². The van der Waals surface area contributed by atoms with Crippen molar-refractivity contribution < 1.29 is 19.8 Å². The number of benzene rings is 1. The number of carboxylic acids is 1. The van der Waals surface area contributed by atoms with E-state index in [9.17, 15) is 14.7 Å². The SMILES string of the molecule is O=C(O)CCCCCCCCCNC(=O)c1ccccc1O.[NaH].[NaH]. The van der Waals surface area contributed by atoms with Crippen molar-refractivity contribution in [2.75, 3.05) is 6.54 Å².